The summed E-state index contributed by atoms with van der Waals surface area (Å²) in [5.41, 5.74) is 10.4. The zero-order valence-electron chi connectivity index (χ0n) is 21.9. The molecule has 5 rings (SSSR count). The van der Waals surface area contributed by atoms with Gasteiger partial charge in [-0.2, -0.15) is 0 Å². The van der Waals surface area contributed by atoms with Crippen molar-refractivity contribution >= 4 is 35.8 Å². The fourth-order valence-corrected chi connectivity index (χ4v) is 5.45. The maximum atomic E-state index is 13.1. The molecular weight excluding hydrogens is 476 g/mol. The van der Waals surface area contributed by atoms with Gasteiger partial charge in [0.1, 0.15) is 0 Å². The topological polar surface area (TPSA) is 41.5 Å². The molecule has 0 bridgehead atoms. The second kappa shape index (κ2) is 12.4. The third-order valence-electron chi connectivity index (χ3n) is 7.60. The molecule has 3 nitrogen and oxygen atoms in total. The van der Waals surface area contributed by atoms with Crippen LogP contribution in [-0.4, -0.2) is 18.2 Å². The molecule has 2 aliphatic rings. The minimum Gasteiger partial charge on any atom is -0.322 e. The molecule has 1 atom stereocenters. The van der Waals surface area contributed by atoms with Crippen LogP contribution in [0.25, 0.3) is 17.2 Å². The van der Waals surface area contributed by atoms with Gasteiger partial charge in [-0.15, -0.1) is 12.4 Å². The number of carbonyl (C=O) groups is 1. The van der Waals surface area contributed by atoms with Crippen molar-refractivity contribution < 1.29 is 4.79 Å². The molecule has 0 aromatic heterocycles. The smallest absolute Gasteiger partial charge is 0.251 e. The summed E-state index contributed by atoms with van der Waals surface area (Å²) in [5.74, 6) is 0.377. The largest absolute Gasteiger partial charge is 0.322 e. The zero-order valence-corrected chi connectivity index (χ0v) is 22.7. The van der Waals surface area contributed by atoms with Crippen LogP contribution in [0, 0.1) is 6.92 Å². The number of nitrogens with zero attached hydrogens (tertiary/aromatic N) is 1. The highest BCUT2D eigenvalue weighted by atomic mass is 35.5. The molecule has 1 aliphatic heterocycles. The van der Waals surface area contributed by atoms with Crippen molar-refractivity contribution in [2.75, 3.05) is 11.9 Å². The molecule has 1 aliphatic carbocycles. The van der Waals surface area contributed by atoms with Gasteiger partial charge in [0.25, 0.3) is 5.91 Å². The monoisotopic (exact) mass is 512 g/mol. The van der Waals surface area contributed by atoms with E-state index in [1.165, 1.54) is 52.8 Å². The highest BCUT2D eigenvalue weighted by Gasteiger charge is 2.19. The number of hydrogen-bond acceptors (Lipinski definition) is 2. The third-order valence-corrected chi connectivity index (χ3v) is 7.60. The van der Waals surface area contributed by atoms with Crippen LogP contribution in [0.1, 0.15) is 73.6 Å². The molecule has 0 saturated carbocycles. The molecule has 1 N–H and O–H groups in total. The fraction of sp³-hybridized carbons (Fsp3) is 0.333. The van der Waals surface area contributed by atoms with E-state index in [2.05, 4.69) is 79.8 Å². The molecule has 0 radical (unpaired) electrons. The van der Waals surface area contributed by atoms with E-state index in [0.29, 0.717) is 5.92 Å². The van der Waals surface area contributed by atoms with E-state index in [4.69, 9.17) is 4.99 Å². The molecular formula is C33H37ClN2O. The van der Waals surface area contributed by atoms with Crippen LogP contribution in [0.5, 0.6) is 0 Å². The Morgan fingerprint density at radius 3 is 2.41 bits per heavy atom. The predicted molar refractivity (Wildman–Crippen MR) is 159 cm³/mol. The van der Waals surface area contributed by atoms with Crippen molar-refractivity contribution in [1.29, 1.82) is 0 Å². The van der Waals surface area contributed by atoms with E-state index in [1.54, 1.807) is 0 Å². The number of hydrogen-bond donors (Lipinski definition) is 1. The number of aryl methyl sites for hydroxylation is 2. The average molecular weight is 513 g/mol. The first kappa shape index (κ1) is 26.9. The minimum atomic E-state index is -0.00526. The maximum absolute atomic E-state index is 13.1. The predicted octanol–water partition coefficient (Wildman–Crippen LogP) is 8.56. The molecule has 1 unspecified atom stereocenters. The van der Waals surface area contributed by atoms with Gasteiger partial charge in [0, 0.05) is 29.4 Å². The standard InChI is InChI=1S/C33H36N2O.ClH/c1-3-31(32-7-5-4-6-20-34-32)26-16-18-30(19-17-26)35-33(36)28-15-13-25-12-14-27(21-29(25)22-28)24-10-8-23(2)9-11-24;/h8-12,14,16-19,21-22,31H,3-7,13,15,20H2,1-2H3,(H,35,36);1H. The highest BCUT2D eigenvalue weighted by Crippen LogP contribution is 2.31. The van der Waals surface area contributed by atoms with Crippen molar-refractivity contribution in [3.8, 4) is 11.1 Å². The summed E-state index contributed by atoms with van der Waals surface area (Å²) in [5, 5.41) is 3.13. The van der Waals surface area contributed by atoms with Crippen molar-refractivity contribution in [2.24, 2.45) is 4.99 Å². The van der Waals surface area contributed by atoms with E-state index in [9.17, 15) is 4.79 Å². The van der Waals surface area contributed by atoms with Crippen LogP contribution in [0.3, 0.4) is 0 Å². The molecule has 3 aromatic rings. The number of carbonyl (C=O) groups excluding carboxylic acids is 1. The minimum absolute atomic E-state index is 0. The third kappa shape index (κ3) is 6.40. The summed E-state index contributed by atoms with van der Waals surface area (Å²) >= 11 is 0. The van der Waals surface area contributed by atoms with Gasteiger partial charge in [-0.3, -0.25) is 9.79 Å². The summed E-state index contributed by atoms with van der Waals surface area (Å²) in [6.07, 6.45) is 9.62. The summed E-state index contributed by atoms with van der Waals surface area (Å²) in [6.45, 7) is 5.31. The Morgan fingerprint density at radius 2 is 1.65 bits per heavy atom. The molecule has 192 valence electrons. The number of rotatable bonds is 6. The normalized spacial score (nSPS) is 15.8. The van der Waals surface area contributed by atoms with E-state index >= 15 is 0 Å². The van der Waals surface area contributed by atoms with Crippen LogP contribution in [-0.2, 0) is 11.2 Å². The number of aliphatic imine (C=N–C) groups is 1. The van der Waals surface area contributed by atoms with Gasteiger partial charge in [-0.1, -0.05) is 67.4 Å². The van der Waals surface area contributed by atoms with Gasteiger partial charge < -0.3 is 5.32 Å². The van der Waals surface area contributed by atoms with Crippen LogP contribution in [0.15, 0.2) is 77.3 Å². The number of halogens is 1. The van der Waals surface area contributed by atoms with Crippen LogP contribution in [0.2, 0.25) is 0 Å². The first-order chi connectivity index (χ1) is 17.6. The van der Waals surface area contributed by atoms with Crippen molar-refractivity contribution in [2.45, 2.75) is 64.7 Å². The Balaban J connectivity index is 0.00000320. The molecule has 4 heteroatoms. The van der Waals surface area contributed by atoms with Gasteiger partial charge in [0.05, 0.1) is 0 Å². The van der Waals surface area contributed by atoms with Crippen molar-refractivity contribution in [1.82, 2.24) is 0 Å². The lowest BCUT2D eigenvalue weighted by molar-refractivity contribution is -0.112. The molecule has 0 fully saturated rings. The number of nitrogens with one attached hydrogen (secondary N) is 1. The molecule has 37 heavy (non-hydrogen) atoms. The molecule has 1 heterocycles. The second-order valence-electron chi connectivity index (χ2n) is 10.2. The van der Waals surface area contributed by atoms with Gasteiger partial charge in [0.15, 0.2) is 0 Å². The summed E-state index contributed by atoms with van der Waals surface area (Å²) in [6, 6.07) is 23.6. The Bertz CT molecular complexity index is 1290. The molecule has 0 saturated heterocycles. The van der Waals surface area contributed by atoms with E-state index in [-0.39, 0.29) is 18.3 Å². The fourth-order valence-electron chi connectivity index (χ4n) is 5.45. The van der Waals surface area contributed by atoms with E-state index < -0.39 is 0 Å². The lowest BCUT2D eigenvalue weighted by Gasteiger charge is -2.19. The summed E-state index contributed by atoms with van der Waals surface area (Å²) in [4.78, 5) is 18.0. The summed E-state index contributed by atoms with van der Waals surface area (Å²) < 4.78 is 0. The van der Waals surface area contributed by atoms with Gasteiger partial charge in [-0.25, -0.2) is 0 Å². The highest BCUT2D eigenvalue weighted by molar-refractivity contribution is 6.07. The van der Waals surface area contributed by atoms with Gasteiger partial charge >= 0.3 is 0 Å². The van der Waals surface area contributed by atoms with Crippen LogP contribution < -0.4 is 5.32 Å². The lowest BCUT2D eigenvalue weighted by Crippen LogP contribution is -2.17. The Morgan fingerprint density at radius 1 is 0.892 bits per heavy atom. The maximum Gasteiger partial charge on any atom is 0.251 e. The number of anilines is 1. The second-order valence-corrected chi connectivity index (χ2v) is 10.2. The van der Waals surface area contributed by atoms with Gasteiger partial charge in [-0.05, 0) is 97.5 Å². The SMILES string of the molecule is CCC(C1=NCCCCC1)c1ccc(NC(=O)C2=Cc3cc(-c4ccc(C)cc4)ccc3CC2)cc1.Cl. The quantitative estimate of drug-likeness (QED) is 0.353. The van der Waals surface area contributed by atoms with Crippen LogP contribution >= 0.6 is 12.4 Å². The van der Waals surface area contributed by atoms with Crippen LogP contribution in [0.4, 0.5) is 5.69 Å². The number of benzene rings is 3. The Labute approximate surface area is 227 Å². The summed E-state index contributed by atoms with van der Waals surface area (Å²) in [7, 11) is 0. The van der Waals surface area contributed by atoms with E-state index in [0.717, 1.165) is 49.1 Å². The first-order valence-corrected chi connectivity index (χ1v) is 13.5. The molecule has 3 aromatic carbocycles. The first-order valence-electron chi connectivity index (χ1n) is 13.5. The lowest BCUT2D eigenvalue weighted by atomic mass is 9.88. The van der Waals surface area contributed by atoms with E-state index in [1.807, 2.05) is 12.1 Å². The van der Waals surface area contributed by atoms with Crippen molar-refractivity contribution in [3.63, 3.8) is 0 Å². The Hall–Kier alpha value is -3.17. The van der Waals surface area contributed by atoms with Crippen molar-refractivity contribution in [3.05, 3.63) is 94.6 Å². The zero-order chi connectivity index (χ0) is 24.9. The average Bonchev–Trinajstić information content (AvgIpc) is 3.19. The van der Waals surface area contributed by atoms with Gasteiger partial charge in [0.2, 0.25) is 0 Å². The number of amides is 1. The molecule has 0 spiro atoms. The number of fused-ring (bicyclic) bond motifs is 1. The Kier molecular flexibility index (Phi) is 9.00. The molecule has 1 amide bonds.